The lowest BCUT2D eigenvalue weighted by molar-refractivity contribution is 0.0350. The van der Waals surface area contributed by atoms with Gasteiger partial charge in [-0.1, -0.05) is 23.2 Å². The molecule has 0 radical (unpaired) electrons. The summed E-state index contributed by atoms with van der Waals surface area (Å²) in [5.74, 6) is 2.16. The van der Waals surface area contributed by atoms with E-state index in [-0.39, 0.29) is 10.0 Å². The molecular weight excluding hydrogens is 441 g/mol. The van der Waals surface area contributed by atoms with Gasteiger partial charge < -0.3 is 25.2 Å². The highest BCUT2D eigenvalue weighted by molar-refractivity contribution is 6.41. The number of halogens is 2. The van der Waals surface area contributed by atoms with E-state index in [0.717, 1.165) is 5.39 Å². The van der Waals surface area contributed by atoms with Crippen LogP contribution >= 0.6 is 23.2 Å². The number of hydrogen-bond acceptors (Lipinski definition) is 8. The Morgan fingerprint density at radius 3 is 2.26 bits per heavy atom. The number of benzene rings is 1. The van der Waals surface area contributed by atoms with Crippen molar-refractivity contribution in [3.8, 4) is 22.9 Å². The fraction of sp³-hybridized carbons (Fsp3) is 0.381. The summed E-state index contributed by atoms with van der Waals surface area (Å²) < 4.78 is 10.8. The molecule has 164 valence electrons. The van der Waals surface area contributed by atoms with Crippen LogP contribution in [0.3, 0.4) is 0 Å². The number of hydrogen-bond donors (Lipinski definition) is 2. The molecule has 10 heteroatoms. The maximum atomic E-state index is 10.4. The third kappa shape index (κ3) is 4.03. The van der Waals surface area contributed by atoms with E-state index in [1.807, 2.05) is 6.92 Å². The van der Waals surface area contributed by atoms with E-state index in [1.165, 1.54) is 14.2 Å². The average Bonchev–Trinajstić information content (AvgIpc) is 2.74. The predicted molar refractivity (Wildman–Crippen MR) is 122 cm³/mol. The second-order valence-corrected chi connectivity index (χ2v) is 8.52. The van der Waals surface area contributed by atoms with Crippen LogP contribution in [0.15, 0.2) is 18.3 Å². The molecule has 0 bridgehead atoms. The lowest BCUT2D eigenvalue weighted by Crippen LogP contribution is -2.42. The first-order chi connectivity index (χ1) is 14.7. The molecule has 3 aromatic rings. The molecule has 0 aliphatic carbocycles. The summed E-state index contributed by atoms with van der Waals surface area (Å²) in [5, 5.41) is 11.7. The number of ether oxygens (including phenoxy) is 2. The molecule has 8 nitrogen and oxygen atoms in total. The molecule has 3 N–H and O–H groups in total. The molecule has 0 atom stereocenters. The van der Waals surface area contributed by atoms with E-state index in [2.05, 4.69) is 14.9 Å². The largest absolute Gasteiger partial charge is 0.495 e. The van der Waals surface area contributed by atoms with Crippen LogP contribution in [0.1, 0.15) is 19.8 Å². The molecule has 1 aliphatic heterocycles. The van der Waals surface area contributed by atoms with Gasteiger partial charge in [-0.15, -0.1) is 0 Å². The number of pyridine rings is 1. The predicted octanol–water partition coefficient (Wildman–Crippen LogP) is 3.95. The number of aliphatic hydroxyl groups is 1. The topological polar surface area (TPSA) is 107 Å². The summed E-state index contributed by atoms with van der Waals surface area (Å²) in [6.07, 6.45) is 2.82. The van der Waals surface area contributed by atoms with Gasteiger partial charge in [0.25, 0.3) is 0 Å². The normalized spacial score (nSPS) is 15.9. The van der Waals surface area contributed by atoms with Gasteiger partial charge in [-0.3, -0.25) is 0 Å². The fourth-order valence-corrected chi connectivity index (χ4v) is 4.34. The van der Waals surface area contributed by atoms with Gasteiger partial charge in [-0.2, -0.15) is 0 Å². The Hall–Kier alpha value is -2.55. The average molecular weight is 464 g/mol. The van der Waals surface area contributed by atoms with Crippen molar-refractivity contribution in [2.45, 2.75) is 25.4 Å². The third-order valence-electron chi connectivity index (χ3n) is 5.52. The van der Waals surface area contributed by atoms with Crippen molar-refractivity contribution in [1.82, 2.24) is 15.0 Å². The first-order valence-corrected chi connectivity index (χ1v) is 10.5. The number of methoxy groups -OCH3 is 2. The number of fused-ring (bicyclic) bond motifs is 1. The van der Waals surface area contributed by atoms with E-state index in [1.54, 1.807) is 18.3 Å². The highest BCUT2D eigenvalue weighted by Gasteiger charge is 2.30. The smallest absolute Gasteiger partial charge is 0.165 e. The molecule has 1 aromatic carbocycles. The second kappa shape index (κ2) is 8.18. The minimum atomic E-state index is -0.699. The number of rotatable bonds is 4. The molecule has 1 fully saturated rings. The molecule has 1 saturated heterocycles. The van der Waals surface area contributed by atoms with Crippen molar-refractivity contribution >= 4 is 45.7 Å². The SMILES string of the molecule is COc1cc(OC)c(Cl)c(-c2nc(N3CCC(C)(O)CC3)c3cc(N)ncc3n2)c1Cl. The molecule has 4 rings (SSSR count). The summed E-state index contributed by atoms with van der Waals surface area (Å²) in [6, 6.07) is 3.36. The lowest BCUT2D eigenvalue weighted by atomic mass is 9.94. The van der Waals surface area contributed by atoms with Crippen molar-refractivity contribution in [3.63, 3.8) is 0 Å². The lowest BCUT2D eigenvalue weighted by Gasteiger charge is -2.37. The second-order valence-electron chi connectivity index (χ2n) is 7.77. The van der Waals surface area contributed by atoms with Crippen LogP contribution in [0.25, 0.3) is 22.3 Å². The number of nitrogens with zero attached hydrogens (tertiary/aromatic N) is 4. The molecule has 1 aliphatic rings. The molecule has 0 saturated carbocycles. The minimum Gasteiger partial charge on any atom is -0.495 e. The molecule has 0 spiro atoms. The monoisotopic (exact) mass is 463 g/mol. The number of aromatic nitrogens is 3. The number of nitrogens with two attached hydrogens (primary N) is 1. The Morgan fingerprint density at radius 2 is 1.68 bits per heavy atom. The van der Waals surface area contributed by atoms with Gasteiger partial charge in [0, 0.05) is 24.5 Å². The molecular formula is C21H23Cl2N5O3. The quantitative estimate of drug-likeness (QED) is 0.598. The summed E-state index contributed by atoms with van der Waals surface area (Å²) in [6.45, 7) is 3.10. The van der Waals surface area contributed by atoms with E-state index < -0.39 is 5.60 Å². The summed E-state index contributed by atoms with van der Waals surface area (Å²) in [5.41, 5.74) is 6.24. The highest BCUT2D eigenvalue weighted by Crippen LogP contribution is 2.45. The third-order valence-corrected chi connectivity index (χ3v) is 6.27. The minimum absolute atomic E-state index is 0.281. The zero-order valence-electron chi connectivity index (χ0n) is 17.4. The van der Waals surface area contributed by atoms with Crippen LogP contribution in [-0.4, -0.2) is 53.0 Å². The first-order valence-electron chi connectivity index (χ1n) is 9.75. The Balaban J connectivity index is 1.94. The summed E-state index contributed by atoms with van der Waals surface area (Å²) >= 11 is 13.2. The fourth-order valence-electron chi connectivity index (χ4n) is 3.67. The van der Waals surface area contributed by atoms with Gasteiger partial charge in [-0.25, -0.2) is 15.0 Å². The van der Waals surface area contributed by atoms with Gasteiger partial charge in [0.05, 0.1) is 47.1 Å². The van der Waals surface area contributed by atoms with Crippen LogP contribution in [-0.2, 0) is 0 Å². The molecule has 0 unspecified atom stereocenters. The van der Waals surface area contributed by atoms with Crippen LogP contribution in [0.2, 0.25) is 10.0 Å². The summed E-state index contributed by atoms with van der Waals surface area (Å²) in [7, 11) is 3.02. The zero-order valence-corrected chi connectivity index (χ0v) is 19.0. The van der Waals surface area contributed by atoms with Crippen LogP contribution < -0.4 is 20.1 Å². The van der Waals surface area contributed by atoms with Gasteiger partial charge in [0.1, 0.15) is 23.1 Å². The van der Waals surface area contributed by atoms with Crippen LogP contribution in [0, 0.1) is 0 Å². The van der Waals surface area contributed by atoms with Crippen molar-refractivity contribution < 1.29 is 14.6 Å². The molecule has 3 heterocycles. The van der Waals surface area contributed by atoms with Crippen molar-refractivity contribution in [1.29, 1.82) is 0 Å². The Morgan fingerprint density at radius 1 is 1.06 bits per heavy atom. The van der Waals surface area contributed by atoms with Gasteiger partial charge >= 0.3 is 0 Å². The van der Waals surface area contributed by atoms with Gasteiger partial charge in [-0.05, 0) is 25.8 Å². The summed E-state index contributed by atoms with van der Waals surface area (Å²) in [4.78, 5) is 15.8. The number of nitrogen functional groups attached to an aromatic ring is 1. The van der Waals surface area contributed by atoms with Crippen molar-refractivity contribution in [3.05, 3.63) is 28.4 Å². The number of anilines is 2. The standard InChI is InChI=1S/C21H23Cl2N5O3/c1-21(29)4-6-28(7-5-21)20-11-8-15(24)25-10-12(11)26-19(27-20)16-17(22)13(30-2)9-14(31-3)18(16)23/h8-10,29H,4-7H2,1-3H3,(H2,24,25). The van der Waals surface area contributed by atoms with Crippen molar-refractivity contribution in [2.75, 3.05) is 37.9 Å². The maximum absolute atomic E-state index is 10.4. The Kier molecular flexibility index (Phi) is 5.72. The zero-order chi connectivity index (χ0) is 22.3. The van der Waals surface area contributed by atoms with Gasteiger partial charge in [0.15, 0.2) is 5.82 Å². The Bertz CT molecular complexity index is 1120. The van der Waals surface area contributed by atoms with E-state index in [4.69, 9.17) is 43.4 Å². The number of piperidine rings is 1. The van der Waals surface area contributed by atoms with E-state index >= 15 is 0 Å². The van der Waals surface area contributed by atoms with Crippen molar-refractivity contribution in [2.24, 2.45) is 0 Å². The maximum Gasteiger partial charge on any atom is 0.165 e. The van der Waals surface area contributed by atoms with Gasteiger partial charge in [0.2, 0.25) is 0 Å². The molecule has 0 amide bonds. The Labute approximate surface area is 189 Å². The van der Waals surface area contributed by atoms with E-state index in [0.29, 0.717) is 66.0 Å². The first kappa shape index (κ1) is 21.7. The van der Waals surface area contributed by atoms with Crippen LogP contribution in [0.5, 0.6) is 11.5 Å². The van der Waals surface area contributed by atoms with Crippen LogP contribution in [0.4, 0.5) is 11.6 Å². The molecule has 2 aromatic heterocycles. The molecule has 31 heavy (non-hydrogen) atoms. The highest BCUT2D eigenvalue weighted by atomic mass is 35.5. The van der Waals surface area contributed by atoms with E-state index in [9.17, 15) is 5.11 Å².